The van der Waals surface area contributed by atoms with E-state index in [2.05, 4.69) is 0 Å². The van der Waals surface area contributed by atoms with Gasteiger partial charge in [0.15, 0.2) is 5.78 Å². The summed E-state index contributed by atoms with van der Waals surface area (Å²) < 4.78 is 13.9. The SMILES string of the molecule is CC1(C(=O)O)C(c2ccc(Cl)cc2)C(C(=O)c2cccs2)C(c2ccc(F)cc2)N1C(=O)C1CC1. The van der Waals surface area contributed by atoms with E-state index < -0.39 is 35.2 Å². The molecule has 2 heterocycles. The van der Waals surface area contributed by atoms with Gasteiger partial charge in [0.05, 0.1) is 16.8 Å². The minimum Gasteiger partial charge on any atom is -0.479 e. The second-order valence-corrected chi connectivity index (χ2v) is 10.7. The Morgan fingerprint density at radius 1 is 1.03 bits per heavy atom. The van der Waals surface area contributed by atoms with Crippen molar-refractivity contribution in [3.8, 4) is 0 Å². The molecule has 1 amide bonds. The number of hydrogen-bond acceptors (Lipinski definition) is 4. The zero-order valence-corrected chi connectivity index (χ0v) is 20.4. The lowest BCUT2D eigenvalue weighted by Crippen LogP contribution is -2.54. The number of nitrogens with zero attached hydrogens (tertiary/aromatic N) is 1. The second-order valence-electron chi connectivity index (χ2n) is 9.33. The molecule has 1 aliphatic heterocycles. The number of carbonyl (C=O) groups is 3. The quantitative estimate of drug-likeness (QED) is 0.414. The number of halogens is 2. The van der Waals surface area contributed by atoms with Gasteiger partial charge < -0.3 is 10.0 Å². The number of Topliss-reactive ketones (excluding diaryl/α,β-unsaturated/α-hetero) is 1. The maximum Gasteiger partial charge on any atom is 0.330 e. The summed E-state index contributed by atoms with van der Waals surface area (Å²) in [5.41, 5.74) is -0.587. The predicted octanol–water partition coefficient (Wildman–Crippen LogP) is 5.96. The third kappa shape index (κ3) is 3.96. The molecular weight excluding hydrogens is 489 g/mol. The molecule has 1 saturated carbocycles. The number of thiophene rings is 1. The monoisotopic (exact) mass is 511 g/mol. The number of amides is 1. The number of aliphatic carboxylic acids is 1. The third-order valence-electron chi connectivity index (χ3n) is 7.19. The molecule has 1 N–H and O–H groups in total. The molecule has 1 saturated heterocycles. The summed E-state index contributed by atoms with van der Waals surface area (Å²) in [6.45, 7) is 1.52. The Bertz CT molecular complexity index is 1270. The van der Waals surface area contributed by atoms with Gasteiger partial charge in [0.1, 0.15) is 11.4 Å². The normalized spacial score (nSPS) is 26.0. The van der Waals surface area contributed by atoms with Gasteiger partial charge in [0.2, 0.25) is 5.91 Å². The van der Waals surface area contributed by atoms with Gasteiger partial charge in [0, 0.05) is 16.9 Å². The molecule has 35 heavy (non-hydrogen) atoms. The maximum atomic E-state index is 14.1. The second kappa shape index (κ2) is 8.88. The van der Waals surface area contributed by atoms with Gasteiger partial charge in [-0.1, -0.05) is 41.9 Å². The molecule has 1 aliphatic carbocycles. The van der Waals surface area contributed by atoms with E-state index in [1.807, 2.05) is 0 Å². The average Bonchev–Trinajstić information content (AvgIpc) is 3.47. The first-order valence-corrected chi connectivity index (χ1v) is 12.6. The summed E-state index contributed by atoms with van der Waals surface area (Å²) in [5.74, 6) is -4.22. The Kier molecular flexibility index (Phi) is 6.01. The number of carboxylic acid groups (broad SMARTS) is 1. The third-order valence-corrected chi connectivity index (χ3v) is 8.32. The Balaban J connectivity index is 1.78. The Labute approximate surface area is 211 Å². The number of ketones is 1. The van der Waals surface area contributed by atoms with E-state index in [9.17, 15) is 23.9 Å². The minimum absolute atomic E-state index is 0.243. The van der Waals surface area contributed by atoms with E-state index in [0.717, 1.165) is 0 Å². The fourth-order valence-corrected chi connectivity index (χ4v) is 6.20. The first-order chi connectivity index (χ1) is 16.7. The molecule has 4 atom stereocenters. The predicted molar refractivity (Wildman–Crippen MR) is 131 cm³/mol. The van der Waals surface area contributed by atoms with Gasteiger partial charge in [-0.05, 0) is 66.6 Å². The van der Waals surface area contributed by atoms with Crippen LogP contribution in [0.5, 0.6) is 0 Å². The molecule has 0 radical (unpaired) electrons. The van der Waals surface area contributed by atoms with Crippen LogP contribution >= 0.6 is 22.9 Å². The molecule has 5 rings (SSSR count). The molecule has 2 fully saturated rings. The molecule has 1 aromatic heterocycles. The number of carboxylic acids is 1. The van der Waals surface area contributed by atoms with E-state index in [1.165, 1.54) is 47.4 Å². The lowest BCUT2D eigenvalue weighted by Gasteiger charge is -2.38. The average molecular weight is 512 g/mol. The van der Waals surface area contributed by atoms with Crippen molar-refractivity contribution >= 4 is 40.6 Å². The topological polar surface area (TPSA) is 74.7 Å². The van der Waals surface area contributed by atoms with Crippen LogP contribution in [0, 0.1) is 17.7 Å². The lowest BCUT2D eigenvalue weighted by molar-refractivity contribution is -0.158. The first kappa shape index (κ1) is 23.7. The van der Waals surface area contributed by atoms with Crippen molar-refractivity contribution in [2.75, 3.05) is 0 Å². The van der Waals surface area contributed by atoms with Gasteiger partial charge in [-0.25, -0.2) is 9.18 Å². The van der Waals surface area contributed by atoms with Crippen LogP contribution in [0.1, 0.15) is 52.5 Å². The van der Waals surface area contributed by atoms with Crippen LogP contribution in [0.2, 0.25) is 5.02 Å². The molecule has 3 aromatic rings. The van der Waals surface area contributed by atoms with Crippen molar-refractivity contribution < 1.29 is 23.9 Å². The number of carbonyl (C=O) groups excluding carboxylic acids is 2. The zero-order valence-electron chi connectivity index (χ0n) is 18.9. The smallest absolute Gasteiger partial charge is 0.330 e. The van der Waals surface area contributed by atoms with E-state index in [-0.39, 0.29) is 17.6 Å². The van der Waals surface area contributed by atoms with E-state index >= 15 is 0 Å². The summed E-state index contributed by atoms with van der Waals surface area (Å²) >= 11 is 7.39. The van der Waals surface area contributed by atoms with Crippen LogP contribution < -0.4 is 0 Å². The zero-order chi connectivity index (χ0) is 24.9. The van der Waals surface area contributed by atoms with Crippen molar-refractivity contribution in [3.63, 3.8) is 0 Å². The van der Waals surface area contributed by atoms with Gasteiger partial charge in [-0.3, -0.25) is 9.59 Å². The molecule has 8 heteroatoms. The molecule has 180 valence electrons. The lowest BCUT2D eigenvalue weighted by atomic mass is 9.72. The van der Waals surface area contributed by atoms with Gasteiger partial charge in [0.25, 0.3) is 0 Å². The van der Waals surface area contributed by atoms with E-state index in [1.54, 1.807) is 41.8 Å². The van der Waals surface area contributed by atoms with Crippen molar-refractivity contribution in [1.29, 1.82) is 0 Å². The van der Waals surface area contributed by atoms with Crippen molar-refractivity contribution in [2.24, 2.45) is 11.8 Å². The van der Waals surface area contributed by atoms with Gasteiger partial charge in [-0.2, -0.15) is 0 Å². The van der Waals surface area contributed by atoms with Crippen LogP contribution in [0.3, 0.4) is 0 Å². The fourth-order valence-electron chi connectivity index (χ4n) is 5.36. The molecular formula is C27H23ClFNO4S. The van der Waals surface area contributed by atoms with E-state index in [0.29, 0.717) is 33.9 Å². The molecule has 2 aromatic carbocycles. The van der Waals surface area contributed by atoms with Crippen LogP contribution in [0.15, 0.2) is 66.0 Å². The number of likely N-dealkylation sites (tertiary alicyclic amines) is 1. The van der Waals surface area contributed by atoms with Gasteiger partial charge >= 0.3 is 5.97 Å². The van der Waals surface area contributed by atoms with Crippen LogP contribution in [0.4, 0.5) is 4.39 Å². The standard InChI is InChI=1S/C27H23ClFNO4S/c1-27(26(33)34)22(15-6-10-18(28)11-7-15)21(24(31)20-3-2-14-35-20)23(16-8-12-19(29)13-9-16)30(27)25(32)17-4-5-17/h2-3,6-14,17,21-23H,4-5H2,1H3,(H,33,34). The number of benzene rings is 2. The largest absolute Gasteiger partial charge is 0.479 e. The Hall–Kier alpha value is -3.03. The first-order valence-electron chi connectivity index (χ1n) is 11.4. The molecule has 5 nitrogen and oxygen atoms in total. The highest BCUT2D eigenvalue weighted by Crippen LogP contribution is 2.58. The summed E-state index contributed by atoms with van der Waals surface area (Å²) in [7, 11) is 0. The summed E-state index contributed by atoms with van der Waals surface area (Å²) in [6, 6.07) is 15.0. The minimum atomic E-state index is -1.72. The summed E-state index contributed by atoms with van der Waals surface area (Å²) in [6.07, 6.45) is 1.35. The summed E-state index contributed by atoms with van der Waals surface area (Å²) in [5, 5.41) is 12.9. The molecule has 0 spiro atoms. The highest BCUT2D eigenvalue weighted by molar-refractivity contribution is 7.12. The van der Waals surface area contributed by atoms with Crippen LogP contribution in [0.25, 0.3) is 0 Å². The molecule has 2 aliphatic rings. The molecule has 4 unspecified atom stereocenters. The molecule has 0 bridgehead atoms. The van der Waals surface area contributed by atoms with E-state index in [4.69, 9.17) is 11.6 Å². The van der Waals surface area contributed by atoms with Crippen molar-refractivity contribution in [2.45, 2.75) is 37.3 Å². The summed E-state index contributed by atoms with van der Waals surface area (Å²) in [4.78, 5) is 42.7. The highest BCUT2D eigenvalue weighted by atomic mass is 35.5. The van der Waals surface area contributed by atoms with Crippen molar-refractivity contribution in [1.82, 2.24) is 4.90 Å². The number of hydrogen-bond donors (Lipinski definition) is 1. The number of rotatable bonds is 6. The highest BCUT2D eigenvalue weighted by Gasteiger charge is 2.65. The van der Waals surface area contributed by atoms with Gasteiger partial charge in [-0.15, -0.1) is 11.3 Å². The van der Waals surface area contributed by atoms with Crippen molar-refractivity contribution in [3.05, 3.63) is 92.9 Å². The Morgan fingerprint density at radius 2 is 1.66 bits per heavy atom. The fraction of sp³-hybridized carbons (Fsp3) is 0.296. The maximum absolute atomic E-state index is 14.1. The Morgan fingerprint density at radius 3 is 2.20 bits per heavy atom. The van der Waals surface area contributed by atoms with Crippen LogP contribution in [-0.4, -0.2) is 33.2 Å². The van der Waals surface area contributed by atoms with Crippen LogP contribution in [-0.2, 0) is 9.59 Å².